The lowest BCUT2D eigenvalue weighted by Gasteiger charge is -1.68. The quantitative estimate of drug-likeness (QED) is 0.266. The Hall–Kier alpha value is -0.330. The van der Waals surface area contributed by atoms with Crippen LogP contribution in [-0.2, 0) is 0 Å². The van der Waals surface area contributed by atoms with Crippen LogP contribution in [0, 0.1) is 10.1 Å². The molecular formula is H4N2O3S. The third-order valence-electron chi connectivity index (χ3n) is 0.0861. The van der Waals surface area contributed by atoms with Crippen LogP contribution in [0.5, 0.6) is 0 Å². The van der Waals surface area contributed by atoms with Crippen molar-refractivity contribution >= 4 is 12.1 Å². The maximum absolute atomic E-state index is 9.01. The van der Waals surface area contributed by atoms with E-state index in [1.165, 1.54) is 0 Å². The molecule has 4 N–H and O–H groups in total. The average molecular weight is 112 g/mol. The zero-order chi connectivity index (χ0) is 4.28. The van der Waals surface area contributed by atoms with Gasteiger partial charge in [0.2, 0.25) is 0 Å². The number of nitro groups is 1. The molecule has 0 heterocycles. The van der Waals surface area contributed by atoms with Gasteiger partial charge in [-0.3, -0.25) is 0 Å². The van der Waals surface area contributed by atoms with E-state index in [0.717, 1.165) is 0 Å². The monoisotopic (exact) mass is 112 g/mol. The van der Waals surface area contributed by atoms with Crippen LogP contribution in [0.4, 0.5) is 0 Å². The Labute approximate surface area is 38.2 Å². The highest BCUT2D eigenvalue weighted by Gasteiger charge is 1.83. The van der Waals surface area contributed by atoms with Crippen molar-refractivity contribution in [3.05, 3.63) is 10.1 Å². The predicted molar refractivity (Wildman–Crippen MR) is 22.4 cm³/mol. The summed E-state index contributed by atoms with van der Waals surface area (Å²) in [6, 6.07) is 0. The second kappa shape index (κ2) is 4.67. The summed E-state index contributed by atoms with van der Waals surface area (Å²) in [5, 5.41) is 13.4. The molecule has 0 saturated carbocycles. The molecule has 0 rings (SSSR count). The first-order valence-electron chi connectivity index (χ1n) is 0.783. The lowest BCUT2D eigenvalue weighted by atomic mass is 13.4. The molecule has 0 unspecified atom stereocenters. The molecule has 0 bridgehead atoms. The first kappa shape index (κ1) is 9.18. The Morgan fingerprint density at radius 3 is 2.00 bits per heavy atom. The van der Waals surface area contributed by atoms with Gasteiger partial charge in [0, 0.05) is 0 Å². The van der Waals surface area contributed by atoms with E-state index in [1.807, 2.05) is 0 Å². The highest BCUT2D eigenvalue weighted by atomic mass is 32.2. The molecule has 6 heavy (non-hydrogen) atoms. The van der Waals surface area contributed by atoms with Gasteiger partial charge in [0.05, 0.1) is 0 Å². The molecule has 0 aromatic rings. The molecule has 0 aliphatic heterocycles. The van der Waals surface area contributed by atoms with E-state index in [-0.39, 0.29) is 17.6 Å². The molecule has 0 aliphatic rings. The van der Waals surface area contributed by atoms with Crippen molar-refractivity contribution in [2.75, 3.05) is 0 Å². The molecule has 0 aliphatic carbocycles. The lowest BCUT2D eigenvalue weighted by Crippen LogP contribution is -1.87. The number of nitrogens with zero attached hydrogens (tertiary/aromatic N) is 1. The zero-order valence-corrected chi connectivity index (χ0v) is 3.57. The van der Waals surface area contributed by atoms with Crippen LogP contribution in [-0.4, -0.2) is 9.80 Å². The average Bonchev–Trinajstić information content (AvgIpc) is 1.38. The molecule has 5 nitrogen and oxygen atoms in total. The molecule has 6 heteroatoms. The Bertz CT molecular complexity index is 44.1. The van der Waals surface area contributed by atoms with Crippen molar-refractivity contribution in [3.8, 4) is 0 Å². The molecule has 0 radical (unpaired) electrons. The first-order chi connectivity index (χ1) is 2.27. The summed E-state index contributed by atoms with van der Waals surface area (Å²) < 4.78 is -0.681. The first-order valence-corrected chi connectivity index (χ1v) is 1.62. The van der Waals surface area contributed by atoms with Gasteiger partial charge in [-0.15, -0.1) is 0 Å². The van der Waals surface area contributed by atoms with Crippen molar-refractivity contribution in [1.29, 1.82) is 0 Å². The number of hydrogen-bond acceptors (Lipinski definition) is 4. The minimum Gasteiger partial charge on any atom is -0.412 e. The molecule has 0 fully saturated rings. The highest BCUT2D eigenvalue weighted by molar-refractivity contribution is 7.91. The van der Waals surface area contributed by atoms with Crippen molar-refractivity contribution in [2.45, 2.75) is 0 Å². The molecule has 0 aromatic heterocycles. The predicted octanol–water partition coefficient (Wildman–Crippen LogP) is -1.04. The van der Waals surface area contributed by atoms with Gasteiger partial charge < -0.3 is 5.48 Å². The van der Waals surface area contributed by atoms with E-state index in [9.17, 15) is 0 Å². The van der Waals surface area contributed by atoms with Crippen LogP contribution in [0.2, 0.25) is 0 Å². The highest BCUT2D eigenvalue weighted by Crippen LogP contribution is 1.79. The van der Waals surface area contributed by atoms with Gasteiger partial charge in [0.15, 0.2) is 0 Å². The fourth-order valence-corrected chi connectivity index (χ4v) is 0. The summed E-state index contributed by atoms with van der Waals surface area (Å²) in [6.45, 7) is 0. The van der Waals surface area contributed by atoms with Crippen molar-refractivity contribution in [2.24, 2.45) is 5.14 Å². The van der Waals surface area contributed by atoms with Crippen LogP contribution < -0.4 is 5.14 Å². The Morgan fingerprint density at radius 1 is 1.83 bits per heavy atom. The topological polar surface area (TPSA) is 101 Å². The molecule has 0 amide bonds. The van der Waals surface area contributed by atoms with E-state index in [2.05, 4.69) is 5.14 Å². The second-order valence-electron chi connectivity index (χ2n) is 0.329. The van der Waals surface area contributed by atoms with Gasteiger partial charge in [0.25, 0.3) is 0 Å². The second-order valence-corrected chi connectivity index (χ2v) is 0.838. The third kappa shape index (κ3) is 9.38. The molecule has 0 saturated heterocycles. The van der Waals surface area contributed by atoms with Crippen molar-refractivity contribution in [1.82, 2.24) is 0 Å². The summed E-state index contributed by atoms with van der Waals surface area (Å²) in [5.74, 6) is 0. The van der Waals surface area contributed by atoms with Crippen LogP contribution in [0.1, 0.15) is 0 Å². The van der Waals surface area contributed by atoms with E-state index < -0.39 is 4.33 Å². The smallest absolute Gasteiger partial charge is 0.317 e. The fourth-order valence-electron chi connectivity index (χ4n) is 0. The zero-order valence-electron chi connectivity index (χ0n) is 2.75. The number of hydrogen-bond donors (Lipinski definition) is 1. The normalized spacial score (nSPS) is 6.17. The van der Waals surface area contributed by atoms with E-state index in [1.54, 1.807) is 0 Å². The van der Waals surface area contributed by atoms with Gasteiger partial charge in [0.1, 0.15) is 4.33 Å². The maximum atomic E-state index is 9.01. The molecule has 38 valence electrons. The van der Waals surface area contributed by atoms with E-state index >= 15 is 0 Å². The van der Waals surface area contributed by atoms with Crippen LogP contribution >= 0.6 is 12.1 Å². The van der Waals surface area contributed by atoms with Crippen molar-refractivity contribution < 1.29 is 9.80 Å². The van der Waals surface area contributed by atoms with Crippen LogP contribution in [0.15, 0.2) is 0 Å². The summed E-state index contributed by atoms with van der Waals surface area (Å²) in [5.41, 5.74) is 0. The summed E-state index contributed by atoms with van der Waals surface area (Å²) in [6.07, 6.45) is 0. The molecular weight excluding hydrogens is 108 g/mol. The Balaban J connectivity index is 0. The molecule has 0 aromatic carbocycles. The maximum Gasteiger partial charge on any atom is 0.317 e. The number of nitrogens with two attached hydrogens (primary N) is 1. The number of rotatable bonds is 1. The van der Waals surface area contributed by atoms with Gasteiger partial charge in [-0.1, -0.05) is 0 Å². The standard InChI is InChI=1S/H2N2O2S.H2O/c1-5-2(3)4;/h1H2;1H2. The fraction of sp³-hybridized carbons (Fsp3) is 0. The van der Waals surface area contributed by atoms with E-state index in [0.29, 0.717) is 0 Å². The van der Waals surface area contributed by atoms with Gasteiger partial charge in [-0.25, -0.2) is 15.3 Å². The summed E-state index contributed by atoms with van der Waals surface area (Å²) in [4.78, 5) is 9.01. The largest absolute Gasteiger partial charge is 0.412 e. The minimum absolute atomic E-state index is 0. The molecule has 0 spiro atoms. The van der Waals surface area contributed by atoms with Crippen molar-refractivity contribution in [3.63, 3.8) is 0 Å². The van der Waals surface area contributed by atoms with Crippen LogP contribution in [0.3, 0.4) is 0 Å². The minimum atomic E-state index is -0.681. The van der Waals surface area contributed by atoms with Gasteiger partial charge in [-0.2, -0.15) is 0 Å². The van der Waals surface area contributed by atoms with Gasteiger partial charge in [-0.05, 0) is 0 Å². The summed E-state index contributed by atoms with van der Waals surface area (Å²) >= 11 is 0.102. The Morgan fingerprint density at radius 2 is 2.00 bits per heavy atom. The Kier molecular flexibility index (Phi) is 7.15. The van der Waals surface area contributed by atoms with E-state index in [4.69, 9.17) is 10.1 Å². The lowest BCUT2D eigenvalue weighted by molar-refractivity contribution is -0.284. The van der Waals surface area contributed by atoms with Gasteiger partial charge >= 0.3 is 12.1 Å². The SMILES string of the molecule is NS[N+](=O)[O-].O. The summed E-state index contributed by atoms with van der Waals surface area (Å²) in [7, 11) is 0. The third-order valence-corrected chi connectivity index (χ3v) is 0.258. The molecule has 0 atom stereocenters. The van der Waals surface area contributed by atoms with Crippen LogP contribution in [0.25, 0.3) is 0 Å².